The zero-order chi connectivity index (χ0) is 33.6. The fourth-order valence-electron chi connectivity index (χ4n) is 6.62. The van der Waals surface area contributed by atoms with Crippen LogP contribution in [0.4, 0.5) is 0 Å². The molecule has 0 aromatic rings. The predicted octanol–water partition coefficient (Wildman–Crippen LogP) is 12.7. The molecule has 0 spiro atoms. The second kappa shape index (κ2) is 30.6. The van der Waals surface area contributed by atoms with Crippen molar-refractivity contribution < 1.29 is 23.7 Å². The quantitative estimate of drug-likeness (QED) is 0.0373. The maximum Gasteiger partial charge on any atom is 0.189 e. The highest BCUT2D eigenvalue weighted by Crippen LogP contribution is 2.26. The van der Waals surface area contributed by atoms with Gasteiger partial charge in [-0.1, -0.05) is 195 Å². The van der Waals surface area contributed by atoms with Gasteiger partial charge in [0, 0.05) is 13.2 Å². The summed E-state index contributed by atoms with van der Waals surface area (Å²) < 4.78 is 29.6. The van der Waals surface area contributed by atoms with Crippen LogP contribution < -0.4 is 0 Å². The van der Waals surface area contributed by atoms with Crippen LogP contribution in [0.3, 0.4) is 0 Å². The van der Waals surface area contributed by atoms with Gasteiger partial charge in [0.15, 0.2) is 12.6 Å². The van der Waals surface area contributed by atoms with Gasteiger partial charge in [0.05, 0.1) is 13.2 Å². The Morgan fingerprint density at radius 1 is 0.383 bits per heavy atom. The second-order valence-electron chi connectivity index (χ2n) is 15.9. The van der Waals surface area contributed by atoms with Crippen LogP contribution in [-0.4, -0.2) is 51.2 Å². The van der Waals surface area contributed by atoms with Gasteiger partial charge >= 0.3 is 0 Å². The highest BCUT2D eigenvalue weighted by Gasteiger charge is 2.42. The fourth-order valence-corrected chi connectivity index (χ4v) is 6.62. The Morgan fingerprint density at radius 2 is 0.617 bits per heavy atom. The first-order chi connectivity index (χ1) is 23.1. The van der Waals surface area contributed by atoms with E-state index in [1.54, 1.807) is 0 Å². The molecule has 0 amide bonds. The number of hydrogen-bond acceptors (Lipinski definition) is 5. The van der Waals surface area contributed by atoms with Gasteiger partial charge in [-0.15, -0.1) is 0 Å². The smallest absolute Gasteiger partial charge is 0.189 e. The lowest BCUT2D eigenvalue weighted by Gasteiger charge is -2.23. The van der Waals surface area contributed by atoms with Gasteiger partial charge in [-0.05, 0) is 24.7 Å². The van der Waals surface area contributed by atoms with Crippen molar-refractivity contribution in [3.8, 4) is 0 Å². The van der Waals surface area contributed by atoms with Gasteiger partial charge < -0.3 is 23.7 Å². The Morgan fingerprint density at radius 3 is 0.851 bits per heavy atom. The molecule has 2 aliphatic rings. The Kier molecular flexibility index (Phi) is 28.0. The van der Waals surface area contributed by atoms with E-state index in [4.69, 9.17) is 23.7 Å². The van der Waals surface area contributed by atoms with Gasteiger partial charge in [0.1, 0.15) is 12.2 Å². The first kappa shape index (κ1) is 43.0. The lowest BCUT2D eigenvalue weighted by atomic mass is 10.0. The molecule has 2 fully saturated rings. The predicted molar refractivity (Wildman–Crippen MR) is 199 cm³/mol. The maximum atomic E-state index is 6.26. The summed E-state index contributed by atoms with van der Waals surface area (Å²) in [6.07, 6.45) is 37.9. The number of unbranched alkanes of at least 4 members (excludes halogenated alkanes) is 24. The molecule has 4 unspecified atom stereocenters. The normalized spacial score (nSPS) is 18.8. The molecule has 5 nitrogen and oxygen atoms in total. The fraction of sp³-hybridized carbons (Fsp3) is 1.00. The molecule has 0 aliphatic carbocycles. The summed E-state index contributed by atoms with van der Waals surface area (Å²) in [6, 6.07) is 0. The first-order valence-electron chi connectivity index (χ1n) is 21.2. The Bertz CT molecular complexity index is 593. The van der Waals surface area contributed by atoms with E-state index in [1.807, 2.05) is 0 Å². The highest BCUT2D eigenvalue weighted by molar-refractivity contribution is 4.79. The van der Waals surface area contributed by atoms with E-state index < -0.39 is 0 Å². The van der Waals surface area contributed by atoms with Crippen LogP contribution in [0, 0.1) is 11.8 Å². The average molecular weight is 667 g/mol. The van der Waals surface area contributed by atoms with Gasteiger partial charge in [-0.3, -0.25) is 0 Å². The summed E-state index contributed by atoms with van der Waals surface area (Å²) in [6.45, 7) is 12.3. The van der Waals surface area contributed by atoms with E-state index in [-0.39, 0.29) is 24.8 Å². The molecule has 4 atom stereocenters. The van der Waals surface area contributed by atoms with Crippen LogP contribution >= 0.6 is 0 Å². The third kappa shape index (κ3) is 28.2. The molecule has 5 heteroatoms. The van der Waals surface area contributed by atoms with Crippen molar-refractivity contribution in [3.63, 3.8) is 0 Å². The molecular weight excluding hydrogens is 584 g/mol. The molecule has 0 radical (unpaired) electrons. The molecule has 0 bridgehead atoms. The lowest BCUT2D eigenvalue weighted by Crippen LogP contribution is -2.34. The van der Waals surface area contributed by atoms with Gasteiger partial charge in [-0.25, -0.2) is 0 Å². The van der Waals surface area contributed by atoms with E-state index in [0.29, 0.717) is 0 Å². The summed E-state index contributed by atoms with van der Waals surface area (Å²) in [5.41, 5.74) is 0. The Balaban J connectivity index is 1.35. The van der Waals surface area contributed by atoms with Gasteiger partial charge in [-0.2, -0.15) is 0 Å². The molecule has 47 heavy (non-hydrogen) atoms. The molecule has 2 rings (SSSR count). The zero-order valence-electron chi connectivity index (χ0n) is 32.1. The molecular formula is C42H82O5. The van der Waals surface area contributed by atoms with Crippen molar-refractivity contribution in [1.29, 1.82) is 0 Å². The van der Waals surface area contributed by atoms with Crippen molar-refractivity contribution in [1.82, 2.24) is 0 Å². The molecule has 2 aliphatic heterocycles. The molecule has 0 saturated carbocycles. The van der Waals surface area contributed by atoms with E-state index in [1.165, 1.54) is 167 Å². The SMILES string of the molecule is CC(C)CCCCCCCCCCCCCCCOC(OC(OCCCCCCCCCCCCCCCC(C)C)C1CO1)C1CO1. The summed E-state index contributed by atoms with van der Waals surface area (Å²) in [4.78, 5) is 0. The molecule has 0 aromatic heterocycles. The third-order valence-corrected chi connectivity index (χ3v) is 10.0. The van der Waals surface area contributed by atoms with Crippen LogP contribution in [0.25, 0.3) is 0 Å². The van der Waals surface area contributed by atoms with E-state index in [0.717, 1.165) is 51.1 Å². The topological polar surface area (TPSA) is 52.8 Å². The van der Waals surface area contributed by atoms with E-state index >= 15 is 0 Å². The number of hydrogen-bond donors (Lipinski definition) is 0. The van der Waals surface area contributed by atoms with Gasteiger partial charge in [0.2, 0.25) is 0 Å². The number of epoxide rings is 2. The van der Waals surface area contributed by atoms with Crippen molar-refractivity contribution in [3.05, 3.63) is 0 Å². The van der Waals surface area contributed by atoms with Gasteiger partial charge in [0.25, 0.3) is 0 Å². The zero-order valence-corrected chi connectivity index (χ0v) is 32.1. The largest absolute Gasteiger partial charge is 0.368 e. The molecule has 2 heterocycles. The standard InChI is InChI=1S/C42H82O5/c1-37(2)31-27-23-19-15-11-7-5-9-13-17-21-25-29-33-43-41(39-35-45-39)47-42(40-36-46-40)44-34-30-26-22-18-14-10-6-8-12-16-20-24-28-32-38(3)4/h37-42H,5-36H2,1-4H3. The Labute approximate surface area is 293 Å². The molecule has 0 N–H and O–H groups in total. The van der Waals surface area contributed by atoms with E-state index in [9.17, 15) is 0 Å². The Hall–Kier alpha value is -0.200. The number of ether oxygens (including phenoxy) is 5. The highest BCUT2D eigenvalue weighted by atomic mass is 16.8. The van der Waals surface area contributed by atoms with Crippen LogP contribution in [0.15, 0.2) is 0 Å². The van der Waals surface area contributed by atoms with Crippen LogP contribution in [0.2, 0.25) is 0 Å². The average Bonchev–Trinajstić information content (AvgIpc) is 3.97. The first-order valence-corrected chi connectivity index (χ1v) is 21.2. The van der Waals surface area contributed by atoms with Crippen molar-refractivity contribution in [2.24, 2.45) is 11.8 Å². The molecule has 0 aromatic carbocycles. The maximum absolute atomic E-state index is 6.26. The van der Waals surface area contributed by atoms with Crippen LogP contribution in [0.1, 0.15) is 207 Å². The summed E-state index contributed by atoms with van der Waals surface area (Å²) >= 11 is 0. The monoisotopic (exact) mass is 667 g/mol. The summed E-state index contributed by atoms with van der Waals surface area (Å²) in [5.74, 6) is 1.74. The molecule has 2 saturated heterocycles. The third-order valence-electron chi connectivity index (χ3n) is 10.0. The molecule has 280 valence electrons. The van der Waals surface area contributed by atoms with Crippen LogP contribution in [-0.2, 0) is 23.7 Å². The van der Waals surface area contributed by atoms with Crippen molar-refractivity contribution in [2.45, 2.75) is 232 Å². The second-order valence-corrected chi connectivity index (χ2v) is 15.9. The van der Waals surface area contributed by atoms with Crippen molar-refractivity contribution >= 4 is 0 Å². The minimum Gasteiger partial charge on any atom is -0.368 e. The minimum atomic E-state index is -0.329. The lowest BCUT2D eigenvalue weighted by molar-refractivity contribution is -0.256. The minimum absolute atomic E-state index is 0.0506. The van der Waals surface area contributed by atoms with Crippen molar-refractivity contribution in [2.75, 3.05) is 26.4 Å². The van der Waals surface area contributed by atoms with Crippen LogP contribution in [0.5, 0.6) is 0 Å². The summed E-state index contributed by atoms with van der Waals surface area (Å²) in [5, 5.41) is 0. The van der Waals surface area contributed by atoms with E-state index in [2.05, 4.69) is 27.7 Å². The number of rotatable bonds is 38. The summed E-state index contributed by atoms with van der Waals surface area (Å²) in [7, 11) is 0.